The first-order chi connectivity index (χ1) is 14.1. The summed E-state index contributed by atoms with van der Waals surface area (Å²) < 4.78 is 6.74. The quantitative estimate of drug-likeness (QED) is 0.222. The van der Waals surface area contributed by atoms with Gasteiger partial charge in [0.2, 0.25) is 0 Å². The van der Waals surface area contributed by atoms with Gasteiger partial charge in [0.1, 0.15) is 24.4 Å². The van der Waals surface area contributed by atoms with Crippen molar-refractivity contribution in [3.8, 4) is 11.8 Å². The molecule has 0 aliphatic heterocycles. The Morgan fingerprint density at radius 3 is 2.79 bits per heavy atom. The molecule has 29 heavy (non-hydrogen) atoms. The molecular weight excluding hydrogens is 485 g/mol. The topological polar surface area (TPSA) is 113 Å². The van der Waals surface area contributed by atoms with Crippen LogP contribution in [-0.2, 0) is 6.61 Å². The fraction of sp³-hybridized carbons (Fsp3) is 0.0500. The van der Waals surface area contributed by atoms with Gasteiger partial charge in [0.15, 0.2) is 0 Å². The predicted molar refractivity (Wildman–Crippen MR) is 117 cm³/mol. The summed E-state index contributed by atoms with van der Waals surface area (Å²) in [7, 11) is 0. The summed E-state index contributed by atoms with van der Waals surface area (Å²) in [5, 5.41) is 23.9. The van der Waals surface area contributed by atoms with Crippen LogP contribution >= 0.6 is 22.6 Å². The highest BCUT2D eigenvalue weighted by molar-refractivity contribution is 14.1. The van der Waals surface area contributed by atoms with Crippen molar-refractivity contribution in [2.24, 2.45) is 5.10 Å². The van der Waals surface area contributed by atoms with Gasteiger partial charge in [-0.1, -0.05) is 18.2 Å². The Bertz CT molecular complexity index is 1090. The zero-order valence-electron chi connectivity index (χ0n) is 14.9. The van der Waals surface area contributed by atoms with E-state index in [1.165, 1.54) is 12.1 Å². The molecule has 8 nitrogen and oxygen atoms in total. The molecule has 0 bridgehead atoms. The second kappa shape index (κ2) is 9.61. The lowest BCUT2D eigenvalue weighted by Gasteiger charge is -2.10. The molecule has 1 N–H and O–H groups in total. The number of nitrogens with one attached hydrogen (secondary N) is 1. The van der Waals surface area contributed by atoms with Crippen molar-refractivity contribution in [1.82, 2.24) is 4.98 Å². The van der Waals surface area contributed by atoms with E-state index in [4.69, 9.17) is 10.00 Å². The molecule has 0 unspecified atom stereocenters. The zero-order valence-corrected chi connectivity index (χ0v) is 17.1. The van der Waals surface area contributed by atoms with Crippen LogP contribution in [0, 0.1) is 25.0 Å². The maximum Gasteiger partial charge on any atom is 0.287 e. The lowest BCUT2D eigenvalue weighted by atomic mass is 10.1. The molecule has 0 amide bonds. The number of hydrazone groups is 1. The molecule has 3 aromatic rings. The van der Waals surface area contributed by atoms with Crippen LogP contribution in [0.1, 0.15) is 16.7 Å². The summed E-state index contributed by atoms with van der Waals surface area (Å²) in [6.45, 7) is 0.306. The van der Waals surface area contributed by atoms with Gasteiger partial charge in [0.25, 0.3) is 5.69 Å². The third-order valence-electron chi connectivity index (χ3n) is 3.83. The first-order valence-electron chi connectivity index (χ1n) is 8.36. The van der Waals surface area contributed by atoms with Crippen LogP contribution in [-0.4, -0.2) is 16.1 Å². The van der Waals surface area contributed by atoms with Gasteiger partial charge in [-0.3, -0.25) is 15.5 Å². The van der Waals surface area contributed by atoms with Crippen molar-refractivity contribution in [1.29, 1.82) is 5.26 Å². The van der Waals surface area contributed by atoms with Gasteiger partial charge in [0.05, 0.1) is 26.3 Å². The van der Waals surface area contributed by atoms with E-state index in [0.29, 0.717) is 23.7 Å². The summed E-state index contributed by atoms with van der Waals surface area (Å²) in [4.78, 5) is 14.0. The van der Waals surface area contributed by atoms with Crippen molar-refractivity contribution in [3.05, 3.63) is 91.2 Å². The Balaban J connectivity index is 1.61. The summed E-state index contributed by atoms with van der Waals surface area (Å²) in [6, 6.07) is 17.9. The largest absolute Gasteiger partial charge is 0.488 e. The van der Waals surface area contributed by atoms with Gasteiger partial charge < -0.3 is 4.74 Å². The van der Waals surface area contributed by atoms with Crippen LogP contribution in [0.15, 0.2) is 65.9 Å². The van der Waals surface area contributed by atoms with E-state index in [2.05, 4.69) is 44.2 Å². The molecule has 1 heterocycles. The first-order valence-corrected chi connectivity index (χ1v) is 9.44. The van der Waals surface area contributed by atoms with Crippen LogP contribution in [0.2, 0.25) is 0 Å². The number of pyridine rings is 1. The minimum absolute atomic E-state index is 0.0814. The fourth-order valence-corrected chi connectivity index (χ4v) is 3.05. The smallest absolute Gasteiger partial charge is 0.287 e. The maximum atomic E-state index is 10.6. The van der Waals surface area contributed by atoms with E-state index in [-0.39, 0.29) is 5.69 Å². The minimum atomic E-state index is -0.509. The Hall–Kier alpha value is -3.52. The van der Waals surface area contributed by atoms with Crippen LogP contribution in [0.3, 0.4) is 0 Å². The average Bonchev–Trinajstić information content (AvgIpc) is 2.73. The number of nitriles is 1. The Kier molecular flexibility index (Phi) is 6.70. The van der Waals surface area contributed by atoms with Crippen molar-refractivity contribution in [2.45, 2.75) is 6.61 Å². The highest BCUT2D eigenvalue weighted by atomic mass is 127. The van der Waals surface area contributed by atoms with E-state index in [0.717, 1.165) is 20.9 Å². The number of benzene rings is 2. The molecule has 0 fully saturated rings. The number of halogens is 1. The lowest BCUT2D eigenvalue weighted by Crippen LogP contribution is -2.00. The fourth-order valence-electron chi connectivity index (χ4n) is 2.36. The molecular formula is C20H14IN5O3. The van der Waals surface area contributed by atoms with E-state index in [1.54, 1.807) is 12.3 Å². The molecule has 0 radical (unpaired) electrons. The van der Waals surface area contributed by atoms with E-state index in [9.17, 15) is 10.1 Å². The number of nitro groups is 1. The SMILES string of the molecule is N#Cc1ccccc1COc1ccc(/C=N\Nc2ccc([N+](=O)[O-])cn2)cc1I. The van der Waals surface area contributed by atoms with Crippen molar-refractivity contribution in [3.63, 3.8) is 0 Å². The van der Waals surface area contributed by atoms with E-state index in [1.807, 2.05) is 36.4 Å². The number of anilines is 1. The molecule has 9 heteroatoms. The molecule has 0 aliphatic rings. The molecule has 1 aromatic heterocycles. The first kappa shape index (κ1) is 20.2. The van der Waals surface area contributed by atoms with E-state index < -0.39 is 4.92 Å². The summed E-state index contributed by atoms with van der Waals surface area (Å²) >= 11 is 2.17. The number of hydrogen-bond donors (Lipinski definition) is 1. The third kappa shape index (κ3) is 5.49. The molecule has 0 saturated carbocycles. The monoisotopic (exact) mass is 499 g/mol. The second-order valence-corrected chi connectivity index (χ2v) is 6.94. The lowest BCUT2D eigenvalue weighted by molar-refractivity contribution is -0.385. The van der Waals surface area contributed by atoms with Crippen molar-refractivity contribution < 1.29 is 9.66 Å². The van der Waals surface area contributed by atoms with Crippen LogP contribution in [0.25, 0.3) is 0 Å². The number of hydrogen-bond acceptors (Lipinski definition) is 7. The molecule has 0 atom stereocenters. The molecule has 144 valence electrons. The summed E-state index contributed by atoms with van der Waals surface area (Å²) in [6.07, 6.45) is 2.78. The van der Waals surface area contributed by atoms with Gasteiger partial charge in [-0.15, -0.1) is 0 Å². The van der Waals surface area contributed by atoms with Gasteiger partial charge in [-0.2, -0.15) is 10.4 Å². The van der Waals surface area contributed by atoms with Crippen LogP contribution in [0.5, 0.6) is 5.75 Å². The van der Waals surface area contributed by atoms with Gasteiger partial charge in [-0.25, -0.2) is 4.98 Å². The Morgan fingerprint density at radius 2 is 2.10 bits per heavy atom. The molecule has 2 aromatic carbocycles. The van der Waals surface area contributed by atoms with Gasteiger partial charge in [0, 0.05) is 11.6 Å². The summed E-state index contributed by atoms with van der Waals surface area (Å²) in [5.74, 6) is 1.11. The second-order valence-electron chi connectivity index (χ2n) is 5.78. The minimum Gasteiger partial charge on any atom is -0.488 e. The normalized spacial score (nSPS) is 10.5. The van der Waals surface area contributed by atoms with Gasteiger partial charge >= 0.3 is 0 Å². The highest BCUT2D eigenvalue weighted by Crippen LogP contribution is 2.23. The number of aromatic nitrogens is 1. The van der Waals surface area contributed by atoms with Crippen molar-refractivity contribution in [2.75, 3.05) is 5.43 Å². The zero-order chi connectivity index (χ0) is 20.6. The molecule has 0 saturated heterocycles. The molecule has 0 spiro atoms. The standard InChI is InChI=1S/C20H14IN5O3/c21-18-9-14(11-24-25-20-8-6-17(12-23-20)26(27)28)5-7-19(18)29-13-16-4-2-1-3-15(16)10-22/h1-9,11-12H,13H2,(H,23,25)/b24-11-. The van der Waals surface area contributed by atoms with Crippen LogP contribution in [0.4, 0.5) is 11.5 Å². The third-order valence-corrected chi connectivity index (χ3v) is 4.67. The van der Waals surface area contributed by atoms with Crippen LogP contribution < -0.4 is 10.2 Å². The molecule has 3 rings (SSSR count). The maximum absolute atomic E-state index is 10.6. The van der Waals surface area contributed by atoms with Crippen molar-refractivity contribution >= 4 is 40.3 Å². The van der Waals surface area contributed by atoms with E-state index >= 15 is 0 Å². The predicted octanol–water partition coefficient (Wildman–Crippen LogP) is 4.49. The summed E-state index contributed by atoms with van der Waals surface area (Å²) in [5.41, 5.74) is 4.91. The highest BCUT2D eigenvalue weighted by Gasteiger charge is 2.06. The molecule has 0 aliphatic carbocycles. The van der Waals surface area contributed by atoms with Gasteiger partial charge in [-0.05, 0) is 58.5 Å². The number of nitrogens with zero attached hydrogens (tertiary/aromatic N) is 4. The average molecular weight is 499 g/mol. The Labute approximate surface area is 180 Å². The number of rotatable bonds is 7. The Morgan fingerprint density at radius 1 is 1.28 bits per heavy atom. The number of ether oxygens (including phenoxy) is 1.